The van der Waals surface area contributed by atoms with Gasteiger partial charge in [0.25, 0.3) is 5.91 Å². The Bertz CT molecular complexity index is 1460. The molecule has 1 N–H and O–H groups in total. The number of furan rings is 1. The van der Waals surface area contributed by atoms with Crippen molar-refractivity contribution in [3.8, 4) is 0 Å². The van der Waals surface area contributed by atoms with Gasteiger partial charge in [-0.15, -0.1) is 0 Å². The first-order valence-electron chi connectivity index (χ1n) is 9.85. The minimum atomic E-state index is -1.15. The van der Waals surface area contributed by atoms with Crippen LogP contribution in [-0.2, 0) is 4.79 Å². The number of amides is 1. The Balaban J connectivity index is 1.67. The zero-order valence-corrected chi connectivity index (χ0v) is 18.3. The van der Waals surface area contributed by atoms with Gasteiger partial charge in [0, 0.05) is 15.9 Å². The highest BCUT2D eigenvalue weighted by molar-refractivity contribution is 9.10. The molecule has 1 aromatic heterocycles. The Labute approximate surface area is 194 Å². The van der Waals surface area contributed by atoms with Crippen molar-refractivity contribution in [2.45, 2.75) is 6.04 Å². The van der Waals surface area contributed by atoms with Crippen LogP contribution in [0.15, 0.2) is 93.0 Å². The zero-order chi connectivity index (χ0) is 23.3. The lowest BCUT2D eigenvalue weighted by Gasteiger charge is -2.27. The van der Waals surface area contributed by atoms with Gasteiger partial charge in [0.2, 0.25) is 5.78 Å². The van der Waals surface area contributed by atoms with Gasteiger partial charge in [-0.25, -0.2) is 8.78 Å². The maximum atomic E-state index is 14.7. The predicted octanol–water partition coefficient (Wildman–Crippen LogP) is 6.26. The van der Waals surface area contributed by atoms with Crippen molar-refractivity contribution >= 4 is 44.3 Å². The van der Waals surface area contributed by atoms with Crippen LogP contribution in [0.3, 0.4) is 0 Å². The summed E-state index contributed by atoms with van der Waals surface area (Å²) < 4.78 is 34.7. The van der Waals surface area contributed by atoms with Crippen molar-refractivity contribution < 1.29 is 27.9 Å². The molecule has 5 nitrogen and oxygen atoms in total. The second-order valence-electron chi connectivity index (χ2n) is 7.47. The first-order chi connectivity index (χ1) is 15.8. The van der Waals surface area contributed by atoms with Crippen LogP contribution in [0, 0.1) is 11.6 Å². The number of Topliss-reactive ketones (excluding diaryl/α,β-unsaturated/α-hetero) is 1. The molecular formula is C25H14BrF2NO4. The molecule has 0 saturated heterocycles. The summed E-state index contributed by atoms with van der Waals surface area (Å²) in [7, 11) is 0. The van der Waals surface area contributed by atoms with Crippen molar-refractivity contribution in [1.29, 1.82) is 0 Å². The predicted molar refractivity (Wildman–Crippen MR) is 121 cm³/mol. The molecular weight excluding hydrogens is 496 g/mol. The maximum Gasteiger partial charge on any atom is 0.294 e. The lowest BCUT2D eigenvalue weighted by molar-refractivity contribution is -0.117. The van der Waals surface area contributed by atoms with Crippen LogP contribution in [0.2, 0.25) is 0 Å². The summed E-state index contributed by atoms with van der Waals surface area (Å²) in [6.07, 6.45) is 0. The van der Waals surface area contributed by atoms with Gasteiger partial charge < -0.3 is 9.52 Å². The van der Waals surface area contributed by atoms with E-state index in [1.165, 1.54) is 6.07 Å². The number of carbonyl (C=O) groups is 2. The van der Waals surface area contributed by atoms with Crippen LogP contribution in [0.1, 0.15) is 22.2 Å². The Hall–Kier alpha value is -3.78. The number of ketones is 1. The summed E-state index contributed by atoms with van der Waals surface area (Å²) in [5, 5.41) is 11.4. The van der Waals surface area contributed by atoms with Gasteiger partial charge in [0.05, 0.1) is 17.3 Å². The first kappa shape index (κ1) is 21.1. The molecule has 33 heavy (non-hydrogen) atoms. The third-order valence-corrected chi connectivity index (χ3v) is 5.93. The number of rotatable bonds is 4. The molecule has 1 unspecified atom stereocenters. The van der Waals surface area contributed by atoms with Crippen molar-refractivity contribution in [3.05, 3.63) is 112 Å². The molecule has 3 aromatic carbocycles. The number of aliphatic hydroxyl groups is 1. The smallest absolute Gasteiger partial charge is 0.294 e. The lowest BCUT2D eigenvalue weighted by Crippen LogP contribution is -2.31. The Morgan fingerprint density at radius 1 is 1.00 bits per heavy atom. The van der Waals surface area contributed by atoms with E-state index in [0.29, 0.717) is 22.6 Å². The molecule has 0 aliphatic carbocycles. The molecule has 0 radical (unpaired) electrons. The molecule has 5 rings (SSSR count). The average Bonchev–Trinajstić information content (AvgIpc) is 3.33. The molecule has 1 atom stereocenters. The van der Waals surface area contributed by atoms with Gasteiger partial charge in [-0.2, -0.15) is 0 Å². The van der Waals surface area contributed by atoms with E-state index in [-0.39, 0.29) is 17.0 Å². The number of carbonyl (C=O) groups excluding carboxylic acids is 2. The number of aliphatic hydroxyl groups excluding tert-OH is 1. The first-order valence-corrected chi connectivity index (χ1v) is 10.6. The number of fused-ring (bicyclic) bond motifs is 1. The van der Waals surface area contributed by atoms with E-state index >= 15 is 0 Å². The second kappa shape index (κ2) is 7.97. The van der Waals surface area contributed by atoms with Gasteiger partial charge in [-0.3, -0.25) is 14.5 Å². The number of hydrogen-bond donors (Lipinski definition) is 1. The van der Waals surface area contributed by atoms with E-state index in [1.54, 1.807) is 48.5 Å². The largest absolute Gasteiger partial charge is 0.503 e. The van der Waals surface area contributed by atoms with Crippen LogP contribution in [-0.4, -0.2) is 16.8 Å². The summed E-state index contributed by atoms with van der Waals surface area (Å²) in [5.74, 6) is -4.41. The third kappa shape index (κ3) is 3.52. The quantitative estimate of drug-likeness (QED) is 0.329. The standard InChI is InChI=1S/C25H14BrF2NO4/c26-15-6-9-19-14(10-15)11-20(33-19)23(30)21-22(13-4-2-1-3-5-13)29(25(32)24(21)31)18-8-7-16(27)12-17(18)28/h1-12,22,31H. The van der Waals surface area contributed by atoms with E-state index in [9.17, 15) is 23.5 Å². The number of nitrogens with zero attached hydrogens (tertiary/aromatic N) is 1. The molecule has 1 aliphatic heterocycles. The monoisotopic (exact) mass is 509 g/mol. The van der Waals surface area contributed by atoms with Crippen LogP contribution in [0.25, 0.3) is 11.0 Å². The third-order valence-electron chi connectivity index (χ3n) is 5.44. The second-order valence-corrected chi connectivity index (χ2v) is 8.38. The molecule has 0 saturated carbocycles. The molecule has 2 heterocycles. The number of halogens is 3. The highest BCUT2D eigenvalue weighted by atomic mass is 79.9. The van der Waals surface area contributed by atoms with Gasteiger partial charge in [-0.05, 0) is 42.0 Å². The Kier molecular flexibility index (Phi) is 5.09. The summed E-state index contributed by atoms with van der Waals surface area (Å²) >= 11 is 3.36. The topological polar surface area (TPSA) is 70.8 Å². The fourth-order valence-electron chi connectivity index (χ4n) is 3.97. The van der Waals surface area contributed by atoms with Gasteiger partial charge in [0.15, 0.2) is 11.5 Å². The van der Waals surface area contributed by atoms with E-state index in [0.717, 1.165) is 21.5 Å². The van der Waals surface area contributed by atoms with Crippen molar-refractivity contribution in [3.63, 3.8) is 0 Å². The Morgan fingerprint density at radius 2 is 1.76 bits per heavy atom. The fraction of sp³-hybridized carbons (Fsp3) is 0.0400. The van der Waals surface area contributed by atoms with Crippen molar-refractivity contribution in [1.82, 2.24) is 0 Å². The summed E-state index contributed by atoms with van der Waals surface area (Å²) in [6, 6.07) is 16.7. The van der Waals surface area contributed by atoms with E-state index < -0.39 is 35.1 Å². The molecule has 164 valence electrons. The van der Waals surface area contributed by atoms with E-state index in [2.05, 4.69) is 15.9 Å². The van der Waals surface area contributed by atoms with Crippen molar-refractivity contribution in [2.75, 3.05) is 4.90 Å². The summed E-state index contributed by atoms with van der Waals surface area (Å²) in [6.45, 7) is 0. The number of benzene rings is 3. The van der Waals surface area contributed by atoms with Crippen molar-refractivity contribution in [2.24, 2.45) is 0 Å². The minimum absolute atomic E-state index is 0.0835. The highest BCUT2D eigenvalue weighted by Crippen LogP contribution is 2.43. The molecule has 8 heteroatoms. The molecule has 0 fully saturated rings. The Morgan fingerprint density at radius 3 is 2.48 bits per heavy atom. The minimum Gasteiger partial charge on any atom is -0.503 e. The zero-order valence-electron chi connectivity index (χ0n) is 16.8. The summed E-state index contributed by atoms with van der Waals surface area (Å²) in [5.41, 5.74) is 0.385. The highest BCUT2D eigenvalue weighted by Gasteiger charge is 2.46. The van der Waals surface area contributed by atoms with E-state index in [4.69, 9.17) is 4.42 Å². The van der Waals surface area contributed by atoms with Crippen LogP contribution in [0.4, 0.5) is 14.5 Å². The fourth-order valence-corrected chi connectivity index (χ4v) is 4.35. The number of anilines is 1. The lowest BCUT2D eigenvalue weighted by atomic mass is 9.94. The van der Waals surface area contributed by atoms with Crippen LogP contribution >= 0.6 is 15.9 Å². The molecule has 0 bridgehead atoms. The molecule has 4 aromatic rings. The maximum absolute atomic E-state index is 14.7. The molecule has 1 aliphatic rings. The van der Waals surface area contributed by atoms with Crippen LogP contribution < -0.4 is 4.90 Å². The van der Waals surface area contributed by atoms with Gasteiger partial charge in [-0.1, -0.05) is 46.3 Å². The number of hydrogen-bond acceptors (Lipinski definition) is 4. The molecule has 1 amide bonds. The SMILES string of the molecule is O=C(C1=C(O)C(=O)N(c2ccc(F)cc2F)C1c1ccccc1)c1cc2cc(Br)ccc2o1. The van der Waals surface area contributed by atoms with Crippen LogP contribution in [0.5, 0.6) is 0 Å². The summed E-state index contributed by atoms with van der Waals surface area (Å²) in [4.78, 5) is 27.5. The molecule has 0 spiro atoms. The van der Waals surface area contributed by atoms with Gasteiger partial charge in [0.1, 0.15) is 17.2 Å². The van der Waals surface area contributed by atoms with E-state index in [1.807, 2.05) is 0 Å². The average molecular weight is 510 g/mol. The van der Waals surface area contributed by atoms with Gasteiger partial charge >= 0.3 is 0 Å². The normalized spacial score (nSPS) is 16.2.